The predicted molar refractivity (Wildman–Crippen MR) is 105 cm³/mol. The van der Waals surface area contributed by atoms with Gasteiger partial charge in [0.1, 0.15) is 5.75 Å². The molecule has 1 saturated heterocycles. The van der Waals surface area contributed by atoms with Crippen molar-refractivity contribution in [2.24, 2.45) is 4.99 Å². The second-order valence-electron chi connectivity index (χ2n) is 6.48. The SMILES string of the molecule is CCCCCOc1ccc(/C=C2/SC(N3CCCCC3)=NC2=O)cc1. The fraction of sp³-hybridized carbons (Fsp3) is 0.500. The minimum absolute atomic E-state index is 0.120. The van der Waals surface area contributed by atoms with E-state index in [2.05, 4.69) is 16.8 Å². The molecule has 4 nitrogen and oxygen atoms in total. The number of amidine groups is 1. The third-order valence-corrected chi connectivity index (χ3v) is 5.47. The number of benzene rings is 1. The smallest absolute Gasteiger partial charge is 0.286 e. The van der Waals surface area contributed by atoms with Crippen molar-refractivity contribution >= 4 is 28.9 Å². The third-order valence-electron chi connectivity index (χ3n) is 4.43. The molecule has 1 aromatic carbocycles. The zero-order valence-corrected chi connectivity index (χ0v) is 15.7. The van der Waals surface area contributed by atoms with Crippen LogP contribution in [0.25, 0.3) is 6.08 Å². The van der Waals surface area contributed by atoms with Crippen LogP contribution in [-0.2, 0) is 4.79 Å². The Morgan fingerprint density at radius 1 is 1.16 bits per heavy atom. The number of amides is 1. The highest BCUT2D eigenvalue weighted by molar-refractivity contribution is 8.18. The fourth-order valence-electron chi connectivity index (χ4n) is 2.97. The molecule has 0 aliphatic carbocycles. The number of carbonyl (C=O) groups excluding carboxylic acids is 1. The van der Waals surface area contributed by atoms with Crippen LogP contribution in [0.15, 0.2) is 34.2 Å². The molecule has 0 unspecified atom stereocenters. The Morgan fingerprint density at radius 3 is 2.64 bits per heavy atom. The Hall–Kier alpha value is -1.75. The summed E-state index contributed by atoms with van der Waals surface area (Å²) in [5.41, 5.74) is 1.01. The van der Waals surface area contributed by atoms with E-state index in [1.165, 1.54) is 43.9 Å². The highest BCUT2D eigenvalue weighted by Gasteiger charge is 2.26. The molecule has 2 aliphatic rings. The minimum atomic E-state index is -0.120. The van der Waals surface area contributed by atoms with Gasteiger partial charge in [0.25, 0.3) is 5.91 Å². The molecule has 0 N–H and O–H groups in total. The number of hydrogen-bond acceptors (Lipinski definition) is 4. The Labute approximate surface area is 154 Å². The summed E-state index contributed by atoms with van der Waals surface area (Å²) >= 11 is 1.50. The van der Waals surface area contributed by atoms with E-state index in [0.717, 1.165) is 42.6 Å². The van der Waals surface area contributed by atoms with E-state index in [-0.39, 0.29) is 5.91 Å². The zero-order chi connectivity index (χ0) is 17.5. The molecule has 5 heteroatoms. The van der Waals surface area contributed by atoms with Crippen molar-refractivity contribution in [2.75, 3.05) is 19.7 Å². The number of nitrogens with zero attached hydrogens (tertiary/aromatic N) is 2. The second kappa shape index (κ2) is 9.09. The van der Waals surface area contributed by atoms with Crippen LogP contribution in [0.1, 0.15) is 51.0 Å². The summed E-state index contributed by atoms with van der Waals surface area (Å²) in [6, 6.07) is 7.92. The first-order chi connectivity index (χ1) is 12.3. The largest absolute Gasteiger partial charge is 0.494 e. The lowest BCUT2D eigenvalue weighted by molar-refractivity contribution is -0.113. The first-order valence-electron chi connectivity index (χ1n) is 9.26. The van der Waals surface area contributed by atoms with Gasteiger partial charge >= 0.3 is 0 Å². The molecule has 0 bridgehead atoms. The van der Waals surface area contributed by atoms with Gasteiger partial charge in [0.15, 0.2) is 5.17 Å². The number of piperidine rings is 1. The zero-order valence-electron chi connectivity index (χ0n) is 14.9. The molecule has 0 radical (unpaired) electrons. The molecule has 1 fully saturated rings. The van der Waals surface area contributed by atoms with Crippen LogP contribution in [0.3, 0.4) is 0 Å². The number of hydrogen-bond donors (Lipinski definition) is 0. The summed E-state index contributed by atoms with van der Waals surface area (Å²) in [6.07, 6.45) is 9.06. The number of aliphatic imine (C=N–C) groups is 1. The Morgan fingerprint density at radius 2 is 1.92 bits per heavy atom. The standard InChI is InChI=1S/C20H26N2O2S/c1-2-3-7-14-24-17-10-8-16(9-11-17)15-18-19(23)21-20(25-18)22-12-5-4-6-13-22/h8-11,15H,2-7,12-14H2,1H3/b18-15+. The first kappa shape index (κ1) is 18.1. The summed E-state index contributed by atoms with van der Waals surface area (Å²) in [5.74, 6) is 0.763. The van der Waals surface area contributed by atoms with E-state index < -0.39 is 0 Å². The Bertz CT molecular complexity index is 646. The Balaban J connectivity index is 1.57. The van der Waals surface area contributed by atoms with Gasteiger partial charge < -0.3 is 9.64 Å². The van der Waals surface area contributed by atoms with Gasteiger partial charge in [-0.2, -0.15) is 4.99 Å². The van der Waals surface area contributed by atoms with E-state index in [1.54, 1.807) is 0 Å². The summed E-state index contributed by atoms with van der Waals surface area (Å²) in [7, 11) is 0. The summed E-state index contributed by atoms with van der Waals surface area (Å²) in [4.78, 5) is 19.4. The van der Waals surface area contributed by atoms with Gasteiger partial charge in [-0.05, 0) is 61.2 Å². The van der Waals surface area contributed by atoms with Crippen molar-refractivity contribution < 1.29 is 9.53 Å². The molecular formula is C20H26N2O2S. The minimum Gasteiger partial charge on any atom is -0.494 e. The molecule has 0 atom stereocenters. The number of ether oxygens (including phenoxy) is 1. The molecule has 25 heavy (non-hydrogen) atoms. The maximum absolute atomic E-state index is 12.2. The number of unbranched alkanes of at least 4 members (excludes halogenated alkanes) is 2. The molecule has 2 heterocycles. The molecule has 3 rings (SSSR count). The van der Waals surface area contributed by atoms with Gasteiger partial charge in [0.05, 0.1) is 11.5 Å². The molecule has 0 saturated carbocycles. The summed E-state index contributed by atoms with van der Waals surface area (Å²) in [6.45, 7) is 4.97. The predicted octanol–water partition coefficient (Wildman–Crippen LogP) is 4.71. The summed E-state index contributed by atoms with van der Waals surface area (Å²) < 4.78 is 5.73. The van der Waals surface area contributed by atoms with Crippen LogP contribution < -0.4 is 4.74 Å². The number of likely N-dealkylation sites (tertiary alicyclic amines) is 1. The number of rotatable bonds is 6. The van der Waals surface area contributed by atoms with Gasteiger partial charge in [-0.25, -0.2) is 0 Å². The van der Waals surface area contributed by atoms with Crippen molar-refractivity contribution in [3.8, 4) is 5.75 Å². The van der Waals surface area contributed by atoms with Crippen LogP contribution in [-0.4, -0.2) is 35.7 Å². The molecule has 1 amide bonds. The van der Waals surface area contributed by atoms with Gasteiger partial charge in [0, 0.05) is 13.1 Å². The van der Waals surface area contributed by atoms with Gasteiger partial charge in [-0.3, -0.25) is 4.79 Å². The topological polar surface area (TPSA) is 41.9 Å². The average molecular weight is 359 g/mol. The van der Waals surface area contributed by atoms with E-state index in [4.69, 9.17) is 4.74 Å². The maximum Gasteiger partial charge on any atom is 0.286 e. The molecular weight excluding hydrogens is 332 g/mol. The van der Waals surface area contributed by atoms with Crippen LogP contribution in [0, 0.1) is 0 Å². The second-order valence-corrected chi connectivity index (χ2v) is 7.49. The van der Waals surface area contributed by atoms with Crippen molar-refractivity contribution in [3.63, 3.8) is 0 Å². The number of thioether (sulfide) groups is 1. The van der Waals surface area contributed by atoms with E-state index in [9.17, 15) is 4.79 Å². The quantitative estimate of drug-likeness (QED) is 0.545. The van der Waals surface area contributed by atoms with Crippen molar-refractivity contribution in [3.05, 3.63) is 34.7 Å². The van der Waals surface area contributed by atoms with Crippen molar-refractivity contribution in [1.82, 2.24) is 4.90 Å². The third kappa shape index (κ3) is 5.11. The monoisotopic (exact) mass is 358 g/mol. The van der Waals surface area contributed by atoms with Crippen LogP contribution in [0.2, 0.25) is 0 Å². The van der Waals surface area contributed by atoms with Crippen molar-refractivity contribution in [2.45, 2.75) is 45.4 Å². The highest BCUT2D eigenvalue weighted by atomic mass is 32.2. The first-order valence-corrected chi connectivity index (χ1v) is 10.1. The van der Waals surface area contributed by atoms with Gasteiger partial charge in [-0.15, -0.1) is 0 Å². The van der Waals surface area contributed by atoms with Gasteiger partial charge in [0.2, 0.25) is 0 Å². The molecule has 0 spiro atoms. The highest BCUT2D eigenvalue weighted by Crippen LogP contribution is 2.31. The number of carbonyl (C=O) groups is 1. The summed E-state index contributed by atoms with van der Waals surface area (Å²) in [5, 5.41) is 0.867. The van der Waals surface area contributed by atoms with Crippen LogP contribution in [0.5, 0.6) is 5.75 Å². The Kier molecular flexibility index (Phi) is 6.56. The van der Waals surface area contributed by atoms with Crippen LogP contribution >= 0.6 is 11.8 Å². The maximum atomic E-state index is 12.2. The van der Waals surface area contributed by atoms with Crippen LogP contribution in [0.4, 0.5) is 0 Å². The van der Waals surface area contributed by atoms with Gasteiger partial charge in [-0.1, -0.05) is 31.9 Å². The lowest BCUT2D eigenvalue weighted by atomic mass is 10.1. The van der Waals surface area contributed by atoms with Crippen molar-refractivity contribution in [1.29, 1.82) is 0 Å². The van der Waals surface area contributed by atoms with E-state index in [0.29, 0.717) is 4.91 Å². The van der Waals surface area contributed by atoms with E-state index in [1.807, 2.05) is 30.3 Å². The molecule has 0 aromatic heterocycles. The van der Waals surface area contributed by atoms with E-state index >= 15 is 0 Å². The molecule has 134 valence electrons. The lowest BCUT2D eigenvalue weighted by Crippen LogP contribution is -2.33. The average Bonchev–Trinajstić information content (AvgIpc) is 3.01. The normalized spacial score (nSPS) is 19.4. The molecule has 2 aliphatic heterocycles. The fourth-order valence-corrected chi connectivity index (χ4v) is 3.94. The molecule has 1 aromatic rings. The lowest BCUT2D eigenvalue weighted by Gasteiger charge is -2.27.